The number of piperazine rings is 1. The van der Waals surface area contributed by atoms with Crippen LogP contribution in [0.25, 0.3) is 0 Å². The van der Waals surface area contributed by atoms with Crippen molar-refractivity contribution in [1.29, 1.82) is 0 Å². The average Bonchev–Trinajstić information content (AvgIpc) is 2.77. The van der Waals surface area contributed by atoms with Gasteiger partial charge in [0.25, 0.3) is 5.91 Å². The summed E-state index contributed by atoms with van der Waals surface area (Å²) in [6.45, 7) is 4.78. The van der Waals surface area contributed by atoms with E-state index in [2.05, 4.69) is 10.2 Å². The average molecular weight is 448 g/mol. The Hall–Kier alpha value is -2.62. The van der Waals surface area contributed by atoms with Gasteiger partial charge in [0.1, 0.15) is 11.5 Å². The molecule has 0 spiro atoms. The molecule has 8 nitrogen and oxygen atoms in total. The van der Waals surface area contributed by atoms with Gasteiger partial charge in [0.05, 0.1) is 11.5 Å². The van der Waals surface area contributed by atoms with Crippen LogP contribution in [0.3, 0.4) is 0 Å². The van der Waals surface area contributed by atoms with Crippen molar-refractivity contribution in [1.82, 2.24) is 9.21 Å². The van der Waals surface area contributed by atoms with Crippen LogP contribution in [0.15, 0.2) is 53.4 Å². The highest BCUT2D eigenvalue weighted by molar-refractivity contribution is 7.89. The molecule has 0 bridgehead atoms. The Labute approximate surface area is 183 Å². The highest BCUT2D eigenvalue weighted by atomic mass is 32.2. The second-order valence-corrected chi connectivity index (χ2v) is 9.33. The van der Waals surface area contributed by atoms with Crippen LogP contribution < -0.4 is 14.8 Å². The van der Waals surface area contributed by atoms with Crippen LogP contribution in [0.1, 0.15) is 13.3 Å². The largest absolute Gasteiger partial charge is 0.494 e. The second kappa shape index (κ2) is 10.6. The summed E-state index contributed by atoms with van der Waals surface area (Å²) in [4.78, 5) is 14.5. The van der Waals surface area contributed by atoms with Crippen molar-refractivity contribution >= 4 is 21.6 Å². The molecule has 1 fully saturated rings. The number of hydrogen-bond donors (Lipinski definition) is 1. The first-order chi connectivity index (χ1) is 14.9. The predicted molar refractivity (Wildman–Crippen MR) is 119 cm³/mol. The standard InChI is InChI=1S/C22H29N3O5S/c1-3-15-29-19-7-9-20(10-8-19)30-17-22(26)23-18-5-4-6-21(16-18)31(27,28)25-13-11-24(2)12-14-25/h4-10,16H,3,11-15,17H2,1-2H3,(H,23,26). The monoisotopic (exact) mass is 447 g/mol. The third-order valence-electron chi connectivity index (χ3n) is 4.88. The number of hydrogen-bond acceptors (Lipinski definition) is 6. The Morgan fingerprint density at radius 3 is 2.29 bits per heavy atom. The summed E-state index contributed by atoms with van der Waals surface area (Å²) in [6.07, 6.45) is 0.927. The maximum atomic E-state index is 12.9. The SMILES string of the molecule is CCCOc1ccc(OCC(=O)Nc2cccc(S(=O)(=O)N3CCN(C)CC3)c2)cc1. The predicted octanol–water partition coefficient (Wildman–Crippen LogP) is 2.43. The molecule has 31 heavy (non-hydrogen) atoms. The molecular weight excluding hydrogens is 418 g/mol. The number of nitrogens with zero attached hydrogens (tertiary/aromatic N) is 2. The lowest BCUT2D eigenvalue weighted by Gasteiger charge is -2.31. The van der Waals surface area contributed by atoms with Crippen molar-refractivity contribution in [2.24, 2.45) is 0 Å². The molecule has 0 atom stereocenters. The van der Waals surface area contributed by atoms with Crippen LogP contribution in [-0.2, 0) is 14.8 Å². The van der Waals surface area contributed by atoms with E-state index < -0.39 is 10.0 Å². The van der Waals surface area contributed by atoms with Gasteiger partial charge < -0.3 is 19.7 Å². The summed E-state index contributed by atoms with van der Waals surface area (Å²) >= 11 is 0. The fraction of sp³-hybridized carbons (Fsp3) is 0.409. The van der Waals surface area contributed by atoms with Gasteiger partial charge in [0.15, 0.2) is 6.61 Å². The zero-order valence-corrected chi connectivity index (χ0v) is 18.7. The van der Waals surface area contributed by atoms with E-state index in [0.717, 1.165) is 12.2 Å². The number of rotatable bonds is 9. The first-order valence-electron chi connectivity index (χ1n) is 10.3. The molecule has 2 aromatic carbocycles. The third kappa shape index (κ3) is 6.43. The highest BCUT2D eigenvalue weighted by Gasteiger charge is 2.27. The molecule has 0 saturated carbocycles. The van der Waals surface area contributed by atoms with Crippen LogP contribution in [0.2, 0.25) is 0 Å². The van der Waals surface area contributed by atoms with Gasteiger partial charge in [-0.25, -0.2) is 8.42 Å². The fourth-order valence-electron chi connectivity index (χ4n) is 3.11. The van der Waals surface area contributed by atoms with E-state index in [1.54, 1.807) is 42.5 Å². The van der Waals surface area contributed by atoms with E-state index >= 15 is 0 Å². The fourth-order valence-corrected chi connectivity index (χ4v) is 4.58. The number of benzene rings is 2. The number of likely N-dealkylation sites (N-methyl/N-ethyl adjacent to an activating group) is 1. The minimum atomic E-state index is -3.60. The van der Waals surface area contributed by atoms with Gasteiger partial charge >= 0.3 is 0 Å². The number of sulfonamides is 1. The molecule has 0 radical (unpaired) electrons. The lowest BCUT2D eigenvalue weighted by Crippen LogP contribution is -2.47. The number of carbonyl (C=O) groups is 1. The lowest BCUT2D eigenvalue weighted by molar-refractivity contribution is -0.118. The van der Waals surface area contributed by atoms with E-state index in [1.807, 2.05) is 14.0 Å². The van der Waals surface area contributed by atoms with Gasteiger partial charge in [-0.3, -0.25) is 4.79 Å². The zero-order valence-electron chi connectivity index (χ0n) is 17.9. The van der Waals surface area contributed by atoms with Crippen molar-refractivity contribution in [2.75, 3.05) is 51.8 Å². The number of carbonyl (C=O) groups excluding carboxylic acids is 1. The van der Waals surface area contributed by atoms with E-state index in [-0.39, 0.29) is 17.4 Å². The summed E-state index contributed by atoms with van der Waals surface area (Å²) in [5, 5.41) is 2.69. The lowest BCUT2D eigenvalue weighted by atomic mass is 10.3. The molecule has 1 heterocycles. The molecule has 9 heteroatoms. The molecule has 0 aromatic heterocycles. The third-order valence-corrected chi connectivity index (χ3v) is 6.78. The quantitative estimate of drug-likeness (QED) is 0.635. The van der Waals surface area contributed by atoms with E-state index in [4.69, 9.17) is 9.47 Å². The van der Waals surface area contributed by atoms with E-state index in [1.165, 1.54) is 10.4 Å². The summed E-state index contributed by atoms with van der Waals surface area (Å²) in [6, 6.07) is 13.3. The number of nitrogens with one attached hydrogen (secondary N) is 1. The molecular formula is C22H29N3O5S. The van der Waals surface area contributed by atoms with Crippen LogP contribution in [0, 0.1) is 0 Å². The smallest absolute Gasteiger partial charge is 0.262 e. The molecule has 3 rings (SSSR count). The van der Waals surface area contributed by atoms with Gasteiger partial charge in [-0.15, -0.1) is 0 Å². The first-order valence-corrected chi connectivity index (χ1v) is 11.8. The topological polar surface area (TPSA) is 88.2 Å². The molecule has 168 valence electrons. The molecule has 0 unspecified atom stereocenters. The zero-order chi connectivity index (χ0) is 22.3. The molecule has 1 saturated heterocycles. The van der Waals surface area contributed by atoms with Crippen LogP contribution in [-0.4, -0.2) is 70.0 Å². The molecule has 1 aliphatic heterocycles. The molecule has 1 N–H and O–H groups in total. The van der Waals surface area contributed by atoms with Crippen LogP contribution in [0.5, 0.6) is 11.5 Å². The summed E-state index contributed by atoms with van der Waals surface area (Å²) in [5.41, 5.74) is 0.409. The van der Waals surface area contributed by atoms with Crippen LogP contribution in [0.4, 0.5) is 5.69 Å². The number of ether oxygens (including phenoxy) is 2. The molecule has 2 aromatic rings. The van der Waals surface area contributed by atoms with Crippen molar-refractivity contribution in [3.63, 3.8) is 0 Å². The van der Waals surface area contributed by atoms with Crippen LogP contribution >= 0.6 is 0 Å². The van der Waals surface area contributed by atoms with Crippen molar-refractivity contribution in [3.05, 3.63) is 48.5 Å². The highest BCUT2D eigenvalue weighted by Crippen LogP contribution is 2.21. The van der Waals surface area contributed by atoms with Crippen molar-refractivity contribution in [3.8, 4) is 11.5 Å². The van der Waals surface area contributed by atoms with Gasteiger partial charge in [0, 0.05) is 31.9 Å². The van der Waals surface area contributed by atoms with Gasteiger partial charge in [-0.1, -0.05) is 13.0 Å². The Morgan fingerprint density at radius 2 is 1.65 bits per heavy atom. The Morgan fingerprint density at radius 1 is 1.00 bits per heavy atom. The summed E-state index contributed by atoms with van der Waals surface area (Å²) in [5.74, 6) is 0.919. The van der Waals surface area contributed by atoms with E-state index in [0.29, 0.717) is 44.2 Å². The molecule has 1 aliphatic rings. The number of amides is 1. The van der Waals surface area contributed by atoms with Gasteiger partial charge in [-0.05, 0) is 55.9 Å². The number of anilines is 1. The normalized spacial score (nSPS) is 15.4. The Bertz CT molecular complexity index is 971. The van der Waals surface area contributed by atoms with E-state index in [9.17, 15) is 13.2 Å². The summed E-state index contributed by atoms with van der Waals surface area (Å²) < 4.78 is 38.3. The second-order valence-electron chi connectivity index (χ2n) is 7.39. The van der Waals surface area contributed by atoms with Gasteiger partial charge in [-0.2, -0.15) is 4.31 Å². The first kappa shape index (κ1) is 23.1. The molecule has 1 amide bonds. The van der Waals surface area contributed by atoms with Crippen molar-refractivity contribution in [2.45, 2.75) is 18.2 Å². The Kier molecular flexibility index (Phi) is 7.89. The van der Waals surface area contributed by atoms with Gasteiger partial charge in [0.2, 0.25) is 10.0 Å². The maximum Gasteiger partial charge on any atom is 0.262 e. The minimum Gasteiger partial charge on any atom is -0.494 e. The summed E-state index contributed by atoms with van der Waals surface area (Å²) in [7, 11) is -1.63. The van der Waals surface area contributed by atoms with Crippen molar-refractivity contribution < 1.29 is 22.7 Å². The molecule has 0 aliphatic carbocycles. The minimum absolute atomic E-state index is 0.165. The Balaban J connectivity index is 1.56. The maximum absolute atomic E-state index is 12.9.